The molecular weight excluding hydrogens is 206 g/mol. The molecule has 0 aliphatic heterocycles. The first kappa shape index (κ1) is 10.6. The average Bonchev–Trinajstić information content (AvgIpc) is 2.60. The van der Waals surface area contributed by atoms with Crippen molar-refractivity contribution in [1.82, 2.24) is 4.98 Å². The Labute approximate surface area is 84.3 Å². The fraction of sp³-hybridized carbons (Fsp3) is 0.286. The number of ether oxygens (including phenoxy) is 1. The molecule has 0 saturated carbocycles. The first-order valence-corrected chi connectivity index (χ1v) is 4.51. The van der Waals surface area contributed by atoms with E-state index in [1.54, 1.807) is 5.38 Å². The van der Waals surface area contributed by atoms with Crippen LogP contribution in [0, 0.1) is 0 Å². The molecular formula is C7H9N3O3S. The van der Waals surface area contributed by atoms with Crippen LogP contribution < -0.4 is 5.73 Å². The Morgan fingerprint density at radius 3 is 3.14 bits per heavy atom. The van der Waals surface area contributed by atoms with Gasteiger partial charge in [0.15, 0.2) is 17.1 Å². The van der Waals surface area contributed by atoms with Crippen LogP contribution in [0.2, 0.25) is 0 Å². The number of methoxy groups -OCH3 is 1. The van der Waals surface area contributed by atoms with E-state index >= 15 is 0 Å². The number of nitrogen functional groups attached to an aromatic ring is 1. The third kappa shape index (κ3) is 2.79. The molecule has 0 radical (unpaired) electrons. The SMILES string of the molecule is COCON=C(C=O)c1csc(N)n1. The molecule has 0 amide bonds. The fourth-order valence-electron chi connectivity index (χ4n) is 0.683. The Balaban J connectivity index is 2.71. The zero-order valence-electron chi connectivity index (χ0n) is 7.47. The van der Waals surface area contributed by atoms with E-state index in [0.29, 0.717) is 17.1 Å². The number of carbonyl (C=O) groups is 1. The molecule has 6 nitrogen and oxygen atoms in total. The molecule has 0 aliphatic rings. The number of aromatic nitrogens is 1. The maximum Gasteiger partial charge on any atom is 0.216 e. The predicted octanol–water partition coefficient (Wildman–Crippen LogP) is 0.249. The van der Waals surface area contributed by atoms with Crippen LogP contribution in [0.25, 0.3) is 0 Å². The lowest BCUT2D eigenvalue weighted by Crippen LogP contribution is -2.05. The second-order valence-corrected chi connectivity index (χ2v) is 3.09. The number of hydrogen-bond acceptors (Lipinski definition) is 7. The van der Waals surface area contributed by atoms with Gasteiger partial charge in [-0.25, -0.2) is 4.98 Å². The number of carbonyl (C=O) groups excluding carboxylic acids is 1. The van der Waals surface area contributed by atoms with E-state index in [1.165, 1.54) is 18.4 Å². The van der Waals surface area contributed by atoms with Crippen LogP contribution in [-0.2, 0) is 14.4 Å². The molecule has 14 heavy (non-hydrogen) atoms. The summed E-state index contributed by atoms with van der Waals surface area (Å²) in [6.07, 6.45) is 0.546. The van der Waals surface area contributed by atoms with Crippen molar-refractivity contribution in [1.29, 1.82) is 0 Å². The highest BCUT2D eigenvalue weighted by Crippen LogP contribution is 2.11. The highest BCUT2D eigenvalue weighted by molar-refractivity contribution is 7.13. The molecule has 1 aromatic heterocycles. The summed E-state index contributed by atoms with van der Waals surface area (Å²) in [4.78, 5) is 19.1. The second kappa shape index (κ2) is 5.30. The molecule has 0 atom stereocenters. The Bertz CT molecular complexity index is 337. The number of thiazole rings is 1. The minimum Gasteiger partial charge on any atom is -0.375 e. The van der Waals surface area contributed by atoms with Crippen molar-refractivity contribution in [3.63, 3.8) is 0 Å². The van der Waals surface area contributed by atoms with Gasteiger partial charge in [0.25, 0.3) is 0 Å². The number of nitrogens with zero attached hydrogens (tertiary/aromatic N) is 2. The second-order valence-electron chi connectivity index (χ2n) is 2.20. The normalized spacial score (nSPS) is 11.4. The monoisotopic (exact) mass is 215 g/mol. The van der Waals surface area contributed by atoms with E-state index in [4.69, 9.17) is 5.73 Å². The van der Waals surface area contributed by atoms with Crippen LogP contribution in [0.5, 0.6) is 0 Å². The van der Waals surface area contributed by atoms with Crippen LogP contribution in [0.4, 0.5) is 5.13 Å². The van der Waals surface area contributed by atoms with Crippen molar-refractivity contribution < 1.29 is 14.4 Å². The summed E-state index contributed by atoms with van der Waals surface area (Å²) in [5.41, 5.74) is 5.89. The van der Waals surface area contributed by atoms with E-state index in [9.17, 15) is 4.79 Å². The maximum atomic E-state index is 10.6. The summed E-state index contributed by atoms with van der Waals surface area (Å²) in [5.74, 6) is 0. The Hall–Kier alpha value is -1.47. The molecule has 1 heterocycles. The summed E-state index contributed by atoms with van der Waals surface area (Å²) < 4.78 is 4.59. The largest absolute Gasteiger partial charge is 0.375 e. The van der Waals surface area contributed by atoms with Crippen LogP contribution in [-0.4, -0.2) is 30.9 Å². The number of nitrogens with two attached hydrogens (primary N) is 1. The molecule has 0 spiro atoms. The highest BCUT2D eigenvalue weighted by atomic mass is 32.1. The van der Waals surface area contributed by atoms with E-state index in [0.717, 1.165) is 0 Å². The zero-order valence-corrected chi connectivity index (χ0v) is 8.28. The summed E-state index contributed by atoms with van der Waals surface area (Å²) in [7, 11) is 1.46. The van der Waals surface area contributed by atoms with Gasteiger partial charge in [-0.1, -0.05) is 5.16 Å². The van der Waals surface area contributed by atoms with Crippen molar-refractivity contribution in [3.8, 4) is 0 Å². The number of hydrogen-bond donors (Lipinski definition) is 1. The summed E-state index contributed by atoms with van der Waals surface area (Å²) in [6, 6.07) is 0. The Morgan fingerprint density at radius 2 is 2.64 bits per heavy atom. The van der Waals surface area contributed by atoms with Crippen LogP contribution in [0.15, 0.2) is 10.5 Å². The van der Waals surface area contributed by atoms with Crippen LogP contribution >= 0.6 is 11.3 Å². The van der Waals surface area contributed by atoms with Gasteiger partial charge in [0, 0.05) is 12.5 Å². The first-order chi connectivity index (χ1) is 6.77. The van der Waals surface area contributed by atoms with Gasteiger partial charge in [0.2, 0.25) is 6.79 Å². The molecule has 0 unspecified atom stereocenters. The number of oxime groups is 1. The molecule has 0 aromatic carbocycles. The predicted molar refractivity (Wildman–Crippen MR) is 52.1 cm³/mol. The lowest BCUT2D eigenvalue weighted by atomic mass is 10.3. The van der Waals surface area contributed by atoms with Gasteiger partial charge >= 0.3 is 0 Å². The minimum absolute atomic E-state index is 0.0169. The van der Waals surface area contributed by atoms with Gasteiger partial charge in [-0.15, -0.1) is 11.3 Å². The van der Waals surface area contributed by atoms with E-state index in [-0.39, 0.29) is 12.5 Å². The van der Waals surface area contributed by atoms with Gasteiger partial charge in [0.05, 0.1) is 0 Å². The molecule has 0 fully saturated rings. The third-order valence-electron chi connectivity index (χ3n) is 1.23. The highest BCUT2D eigenvalue weighted by Gasteiger charge is 2.07. The van der Waals surface area contributed by atoms with Crippen molar-refractivity contribution in [2.45, 2.75) is 0 Å². The van der Waals surface area contributed by atoms with Crippen LogP contribution in [0.3, 0.4) is 0 Å². The van der Waals surface area contributed by atoms with E-state index in [2.05, 4.69) is 19.7 Å². The molecule has 1 aromatic rings. The quantitative estimate of drug-likeness (QED) is 0.250. The number of aldehydes is 1. The van der Waals surface area contributed by atoms with Gasteiger partial charge in [0.1, 0.15) is 5.69 Å². The standard InChI is InChI=1S/C7H9N3O3S/c1-12-4-13-10-5(2-11)6-3-14-7(8)9-6/h2-3H,4H2,1H3,(H2,8,9). The fourth-order valence-corrected chi connectivity index (χ4v) is 1.24. The summed E-state index contributed by atoms with van der Waals surface area (Å²) >= 11 is 1.23. The lowest BCUT2D eigenvalue weighted by Gasteiger charge is -1.96. The molecule has 76 valence electrons. The molecule has 1 rings (SSSR count). The summed E-state index contributed by atoms with van der Waals surface area (Å²) in [5, 5.41) is 5.53. The Kier molecular flexibility index (Phi) is 4.02. The van der Waals surface area contributed by atoms with Crippen molar-refractivity contribution >= 4 is 28.5 Å². The molecule has 0 saturated heterocycles. The smallest absolute Gasteiger partial charge is 0.216 e. The first-order valence-electron chi connectivity index (χ1n) is 3.63. The zero-order chi connectivity index (χ0) is 10.4. The number of anilines is 1. The third-order valence-corrected chi connectivity index (χ3v) is 1.90. The Morgan fingerprint density at radius 1 is 1.86 bits per heavy atom. The number of rotatable bonds is 5. The lowest BCUT2D eigenvalue weighted by molar-refractivity contribution is -0.103. The van der Waals surface area contributed by atoms with Crippen molar-refractivity contribution in [3.05, 3.63) is 11.1 Å². The van der Waals surface area contributed by atoms with Gasteiger partial charge < -0.3 is 15.3 Å². The minimum atomic E-state index is -0.0169. The topological polar surface area (TPSA) is 86.8 Å². The van der Waals surface area contributed by atoms with E-state index < -0.39 is 0 Å². The van der Waals surface area contributed by atoms with E-state index in [1.807, 2.05) is 0 Å². The molecule has 2 N–H and O–H groups in total. The molecule has 0 aliphatic carbocycles. The van der Waals surface area contributed by atoms with Gasteiger partial charge in [-0.3, -0.25) is 4.79 Å². The molecule has 0 bridgehead atoms. The van der Waals surface area contributed by atoms with Crippen LogP contribution in [0.1, 0.15) is 5.69 Å². The molecule has 7 heteroatoms. The van der Waals surface area contributed by atoms with Gasteiger partial charge in [-0.2, -0.15) is 0 Å². The van der Waals surface area contributed by atoms with Crippen molar-refractivity contribution in [2.24, 2.45) is 5.16 Å². The maximum absolute atomic E-state index is 10.6. The van der Waals surface area contributed by atoms with Crippen molar-refractivity contribution in [2.75, 3.05) is 19.6 Å². The average molecular weight is 215 g/mol. The van der Waals surface area contributed by atoms with Gasteiger partial charge in [-0.05, 0) is 0 Å². The summed E-state index contributed by atoms with van der Waals surface area (Å²) in [6.45, 7) is -0.0169.